The summed E-state index contributed by atoms with van der Waals surface area (Å²) in [6, 6.07) is 0. The highest BCUT2D eigenvalue weighted by Gasteiger charge is 2.30. The number of rotatable bonds is 1. The smallest absolute Gasteiger partial charge is 0.228 e. The van der Waals surface area contributed by atoms with Gasteiger partial charge in [0.25, 0.3) is 0 Å². The zero-order valence-electron chi connectivity index (χ0n) is 7.65. The maximum Gasteiger partial charge on any atom is 0.228 e. The highest BCUT2D eigenvalue weighted by Crippen LogP contribution is 2.36. The van der Waals surface area contributed by atoms with Crippen molar-refractivity contribution < 1.29 is 4.79 Å². The molecule has 0 aliphatic carbocycles. The standard InChI is InChI=1S/C9H8Br2N2OS/c10-6-2-12-3-7(11)9(6)13-4-5(15)1-8(13)14/h2-3,5,15H,1,4H2. The van der Waals surface area contributed by atoms with Gasteiger partial charge in [-0.25, -0.2) is 0 Å². The lowest BCUT2D eigenvalue weighted by atomic mass is 10.3. The Morgan fingerprint density at radius 2 is 2.00 bits per heavy atom. The van der Waals surface area contributed by atoms with Crippen molar-refractivity contribution in [1.29, 1.82) is 0 Å². The summed E-state index contributed by atoms with van der Waals surface area (Å²) in [5.74, 6) is 0.0996. The fourth-order valence-electron chi connectivity index (χ4n) is 1.57. The fraction of sp³-hybridized carbons (Fsp3) is 0.333. The van der Waals surface area contributed by atoms with Gasteiger partial charge in [0.15, 0.2) is 0 Å². The summed E-state index contributed by atoms with van der Waals surface area (Å²) in [6.07, 6.45) is 3.85. The van der Waals surface area contributed by atoms with Gasteiger partial charge in [-0.2, -0.15) is 12.6 Å². The first kappa shape index (κ1) is 11.4. The predicted octanol–water partition coefficient (Wildman–Crippen LogP) is 2.64. The van der Waals surface area contributed by atoms with Crippen molar-refractivity contribution in [2.45, 2.75) is 11.7 Å². The van der Waals surface area contributed by atoms with E-state index in [4.69, 9.17) is 0 Å². The second kappa shape index (κ2) is 4.43. The van der Waals surface area contributed by atoms with Gasteiger partial charge in [0.2, 0.25) is 5.91 Å². The molecule has 3 nitrogen and oxygen atoms in total. The number of aromatic nitrogens is 1. The first-order valence-corrected chi connectivity index (χ1v) is 6.47. The first-order chi connectivity index (χ1) is 7.09. The topological polar surface area (TPSA) is 33.2 Å². The third kappa shape index (κ3) is 2.21. The molecule has 1 aromatic rings. The molecule has 0 radical (unpaired) electrons. The van der Waals surface area contributed by atoms with Crippen LogP contribution in [0.2, 0.25) is 0 Å². The molecule has 1 aliphatic heterocycles. The van der Waals surface area contributed by atoms with Crippen molar-refractivity contribution in [2.24, 2.45) is 0 Å². The number of carbonyl (C=O) groups excluding carboxylic acids is 1. The maximum atomic E-state index is 11.7. The Bertz CT molecular complexity index is 393. The van der Waals surface area contributed by atoms with Crippen molar-refractivity contribution in [3.05, 3.63) is 21.3 Å². The minimum atomic E-state index is 0.0996. The molecule has 1 unspecified atom stereocenters. The number of hydrogen-bond acceptors (Lipinski definition) is 3. The molecular weight excluding hydrogens is 344 g/mol. The van der Waals surface area contributed by atoms with E-state index in [0.717, 1.165) is 14.6 Å². The van der Waals surface area contributed by atoms with Crippen molar-refractivity contribution in [3.8, 4) is 0 Å². The van der Waals surface area contributed by atoms with Gasteiger partial charge in [0.1, 0.15) is 0 Å². The van der Waals surface area contributed by atoms with Gasteiger partial charge >= 0.3 is 0 Å². The van der Waals surface area contributed by atoms with E-state index in [9.17, 15) is 4.79 Å². The van der Waals surface area contributed by atoms with Crippen LogP contribution in [-0.2, 0) is 4.79 Å². The lowest BCUT2D eigenvalue weighted by Gasteiger charge is -2.18. The monoisotopic (exact) mass is 350 g/mol. The van der Waals surface area contributed by atoms with Crippen LogP contribution in [0.3, 0.4) is 0 Å². The lowest BCUT2D eigenvalue weighted by Crippen LogP contribution is -2.25. The largest absolute Gasteiger partial charge is 0.309 e. The fourth-order valence-corrected chi connectivity index (χ4v) is 3.24. The number of anilines is 1. The van der Waals surface area contributed by atoms with Crippen LogP contribution in [0.15, 0.2) is 21.3 Å². The third-order valence-electron chi connectivity index (χ3n) is 2.20. The molecule has 1 aliphatic rings. The van der Waals surface area contributed by atoms with E-state index in [2.05, 4.69) is 49.5 Å². The van der Waals surface area contributed by atoms with E-state index < -0.39 is 0 Å². The number of amides is 1. The summed E-state index contributed by atoms with van der Waals surface area (Å²) in [4.78, 5) is 17.4. The number of carbonyl (C=O) groups is 1. The minimum absolute atomic E-state index is 0.0996. The molecule has 0 aromatic carbocycles. The summed E-state index contributed by atoms with van der Waals surface area (Å²) >= 11 is 11.1. The summed E-state index contributed by atoms with van der Waals surface area (Å²) in [5.41, 5.74) is 0.839. The van der Waals surface area contributed by atoms with E-state index >= 15 is 0 Å². The van der Waals surface area contributed by atoms with Crippen LogP contribution in [0.5, 0.6) is 0 Å². The molecule has 15 heavy (non-hydrogen) atoms. The van der Waals surface area contributed by atoms with Crippen molar-refractivity contribution in [2.75, 3.05) is 11.4 Å². The number of pyridine rings is 1. The summed E-state index contributed by atoms with van der Waals surface area (Å²) in [7, 11) is 0. The van der Waals surface area contributed by atoms with Crippen LogP contribution in [-0.4, -0.2) is 22.7 Å². The van der Waals surface area contributed by atoms with Gasteiger partial charge in [-0.05, 0) is 31.9 Å². The van der Waals surface area contributed by atoms with Crippen molar-refractivity contribution in [1.82, 2.24) is 4.98 Å². The van der Waals surface area contributed by atoms with Gasteiger partial charge in [-0.1, -0.05) is 0 Å². The molecular formula is C9H8Br2N2OS. The SMILES string of the molecule is O=C1CC(S)CN1c1c(Br)cncc1Br. The molecule has 0 saturated carbocycles. The maximum absolute atomic E-state index is 11.7. The third-order valence-corrected chi connectivity index (χ3v) is 3.71. The second-order valence-corrected chi connectivity index (χ2v) is 5.75. The number of halogens is 2. The van der Waals surface area contributed by atoms with E-state index in [1.165, 1.54) is 0 Å². The van der Waals surface area contributed by atoms with Gasteiger partial charge in [-0.3, -0.25) is 9.78 Å². The zero-order valence-corrected chi connectivity index (χ0v) is 11.7. The molecule has 80 valence electrons. The van der Waals surface area contributed by atoms with E-state index in [0.29, 0.717) is 13.0 Å². The summed E-state index contributed by atoms with van der Waals surface area (Å²) in [5, 5.41) is 0.115. The van der Waals surface area contributed by atoms with Crippen LogP contribution in [0.4, 0.5) is 5.69 Å². The molecule has 0 bridgehead atoms. The summed E-state index contributed by atoms with van der Waals surface area (Å²) < 4.78 is 1.63. The molecule has 0 N–H and O–H groups in total. The van der Waals surface area contributed by atoms with Gasteiger partial charge in [0.05, 0.1) is 14.6 Å². The number of thiol groups is 1. The molecule has 0 spiro atoms. The van der Waals surface area contributed by atoms with Gasteiger partial charge in [-0.15, -0.1) is 0 Å². The molecule has 1 aromatic heterocycles. The minimum Gasteiger partial charge on any atom is -0.309 e. The molecule has 1 saturated heterocycles. The molecule has 6 heteroatoms. The van der Waals surface area contributed by atoms with Crippen LogP contribution in [0, 0.1) is 0 Å². The molecule has 1 amide bonds. The Morgan fingerprint density at radius 3 is 2.47 bits per heavy atom. The zero-order chi connectivity index (χ0) is 11.0. The van der Waals surface area contributed by atoms with Gasteiger partial charge < -0.3 is 4.90 Å². The summed E-state index contributed by atoms with van der Waals surface area (Å²) in [6.45, 7) is 0.642. The quantitative estimate of drug-likeness (QED) is 0.789. The van der Waals surface area contributed by atoms with Crippen LogP contribution >= 0.6 is 44.5 Å². The Labute approximate surface area is 110 Å². The predicted molar refractivity (Wildman–Crippen MR) is 69.4 cm³/mol. The highest BCUT2D eigenvalue weighted by atomic mass is 79.9. The number of hydrogen-bond donors (Lipinski definition) is 1. The van der Waals surface area contributed by atoms with Crippen LogP contribution in [0.1, 0.15) is 6.42 Å². The lowest BCUT2D eigenvalue weighted by molar-refractivity contribution is -0.117. The molecule has 1 atom stereocenters. The molecule has 2 rings (SSSR count). The van der Waals surface area contributed by atoms with E-state index in [-0.39, 0.29) is 11.2 Å². The average Bonchev–Trinajstić information content (AvgIpc) is 2.45. The average molecular weight is 352 g/mol. The Balaban J connectivity index is 2.41. The molecule has 2 heterocycles. The van der Waals surface area contributed by atoms with Crippen LogP contribution in [0.25, 0.3) is 0 Å². The van der Waals surface area contributed by atoms with E-state index in [1.807, 2.05) is 0 Å². The van der Waals surface area contributed by atoms with Crippen molar-refractivity contribution >= 4 is 56.1 Å². The Morgan fingerprint density at radius 1 is 1.40 bits per heavy atom. The van der Waals surface area contributed by atoms with Gasteiger partial charge in [0, 0.05) is 30.6 Å². The molecule has 1 fully saturated rings. The second-order valence-electron chi connectivity index (χ2n) is 3.31. The van der Waals surface area contributed by atoms with Crippen LogP contribution < -0.4 is 4.90 Å². The Hall–Kier alpha value is -0.0700. The highest BCUT2D eigenvalue weighted by molar-refractivity contribution is 9.11. The van der Waals surface area contributed by atoms with E-state index in [1.54, 1.807) is 17.3 Å². The first-order valence-electron chi connectivity index (χ1n) is 4.37. The normalized spacial score (nSPS) is 21.1. The Kier molecular flexibility index (Phi) is 3.37. The number of nitrogens with zero attached hydrogens (tertiary/aromatic N) is 2. The van der Waals surface area contributed by atoms with Crippen molar-refractivity contribution in [3.63, 3.8) is 0 Å².